The highest BCUT2D eigenvalue weighted by molar-refractivity contribution is 7.11. The third kappa shape index (κ3) is 3.52. The van der Waals surface area contributed by atoms with Crippen LogP contribution in [0.1, 0.15) is 34.0 Å². The van der Waals surface area contributed by atoms with Crippen molar-refractivity contribution < 1.29 is 4.74 Å². The second kappa shape index (κ2) is 7.20. The molecular weight excluding hydrogens is 318 g/mol. The van der Waals surface area contributed by atoms with E-state index >= 15 is 0 Å². The summed E-state index contributed by atoms with van der Waals surface area (Å²) in [6.07, 6.45) is 1.96. The monoisotopic (exact) mass is 341 g/mol. The fourth-order valence-corrected chi connectivity index (χ4v) is 3.62. The Morgan fingerprint density at radius 3 is 2.54 bits per heavy atom. The average molecular weight is 341 g/mol. The van der Waals surface area contributed by atoms with E-state index in [1.807, 2.05) is 46.5 Å². The van der Waals surface area contributed by atoms with Crippen molar-refractivity contribution in [2.45, 2.75) is 33.4 Å². The third-order valence-electron chi connectivity index (χ3n) is 4.21. The largest absolute Gasteiger partial charge is 0.497 e. The number of aryl methyl sites for hydroxylation is 1. The molecule has 0 radical (unpaired) electrons. The molecule has 2 heterocycles. The Kier molecular flexibility index (Phi) is 5.02. The molecule has 0 amide bonds. The van der Waals surface area contributed by atoms with Gasteiger partial charge in [-0.3, -0.25) is 0 Å². The van der Waals surface area contributed by atoms with Crippen molar-refractivity contribution in [2.75, 3.05) is 7.11 Å². The van der Waals surface area contributed by atoms with Crippen LogP contribution in [0.25, 0.3) is 5.69 Å². The van der Waals surface area contributed by atoms with E-state index < -0.39 is 0 Å². The van der Waals surface area contributed by atoms with Gasteiger partial charge in [-0.15, -0.1) is 11.3 Å². The number of benzene rings is 1. The van der Waals surface area contributed by atoms with E-state index in [1.54, 1.807) is 7.11 Å². The van der Waals surface area contributed by atoms with Crippen LogP contribution in [-0.4, -0.2) is 16.9 Å². The molecule has 0 saturated heterocycles. The number of ether oxygens (including phenoxy) is 1. The molecule has 1 atom stereocenters. The highest BCUT2D eigenvalue weighted by atomic mass is 32.1. The fourth-order valence-electron chi connectivity index (χ4n) is 2.77. The molecule has 0 fully saturated rings. The summed E-state index contributed by atoms with van der Waals surface area (Å²) >= 11 is 1.84. The van der Waals surface area contributed by atoms with Crippen molar-refractivity contribution in [3.05, 3.63) is 63.6 Å². The second-order valence-corrected chi connectivity index (χ2v) is 7.28. The summed E-state index contributed by atoms with van der Waals surface area (Å²) < 4.78 is 7.19. The molecule has 0 saturated carbocycles. The van der Waals surface area contributed by atoms with E-state index in [0.29, 0.717) is 0 Å². The topological polar surface area (TPSA) is 39.1 Å². The predicted molar refractivity (Wildman–Crippen MR) is 99.2 cm³/mol. The Hall–Kier alpha value is -2.11. The third-order valence-corrected chi connectivity index (χ3v) is 5.21. The number of hydrogen-bond acceptors (Lipinski definition) is 4. The zero-order valence-electron chi connectivity index (χ0n) is 14.5. The quantitative estimate of drug-likeness (QED) is 0.722. The molecule has 4 nitrogen and oxygen atoms in total. The Balaban J connectivity index is 1.73. The number of aromatic nitrogens is 2. The maximum absolute atomic E-state index is 5.22. The van der Waals surface area contributed by atoms with Gasteiger partial charge in [0.05, 0.1) is 19.0 Å². The second-order valence-electron chi connectivity index (χ2n) is 5.91. The van der Waals surface area contributed by atoms with Gasteiger partial charge in [0.1, 0.15) is 5.75 Å². The number of methoxy groups -OCH3 is 1. The molecular formula is C19H23N3OS. The smallest absolute Gasteiger partial charge is 0.119 e. The van der Waals surface area contributed by atoms with Crippen LogP contribution in [0.2, 0.25) is 0 Å². The van der Waals surface area contributed by atoms with Gasteiger partial charge in [0.15, 0.2) is 0 Å². The first kappa shape index (κ1) is 16.7. The number of nitrogens with one attached hydrogen (secondary N) is 1. The normalized spacial score (nSPS) is 12.3. The maximum atomic E-state index is 5.22. The maximum Gasteiger partial charge on any atom is 0.119 e. The van der Waals surface area contributed by atoms with Gasteiger partial charge in [0, 0.05) is 33.6 Å². The lowest BCUT2D eigenvalue weighted by atomic mass is 10.1. The molecule has 126 valence electrons. The van der Waals surface area contributed by atoms with Crippen molar-refractivity contribution in [1.82, 2.24) is 15.1 Å². The minimum absolute atomic E-state index is 0.249. The number of rotatable bonds is 6. The molecule has 5 heteroatoms. The molecule has 3 aromatic rings. The van der Waals surface area contributed by atoms with Crippen LogP contribution in [0.15, 0.2) is 42.6 Å². The lowest BCUT2D eigenvalue weighted by Gasteiger charge is -2.13. The zero-order valence-corrected chi connectivity index (χ0v) is 15.4. The first-order valence-corrected chi connectivity index (χ1v) is 8.88. The molecule has 0 bridgehead atoms. The van der Waals surface area contributed by atoms with E-state index in [4.69, 9.17) is 4.74 Å². The Morgan fingerprint density at radius 2 is 1.92 bits per heavy atom. The molecule has 0 spiro atoms. The standard InChI is InChI=1S/C19H23N3OS/c1-13-5-10-18(24-13)11-20-14(2)19-12-21-22(15(19)3)16-6-8-17(23-4)9-7-16/h5-10,12,14,20H,11H2,1-4H3/t14-/m1/s1. The van der Waals surface area contributed by atoms with Gasteiger partial charge in [-0.05, 0) is 57.2 Å². The van der Waals surface area contributed by atoms with Crippen LogP contribution in [-0.2, 0) is 6.54 Å². The van der Waals surface area contributed by atoms with E-state index in [1.165, 1.54) is 15.3 Å². The Morgan fingerprint density at radius 1 is 1.17 bits per heavy atom. The van der Waals surface area contributed by atoms with Crippen LogP contribution in [0, 0.1) is 13.8 Å². The van der Waals surface area contributed by atoms with Crippen molar-refractivity contribution in [3.63, 3.8) is 0 Å². The highest BCUT2D eigenvalue weighted by Gasteiger charge is 2.14. The summed E-state index contributed by atoms with van der Waals surface area (Å²) in [5, 5.41) is 8.15. The van der Waals surface area contributed by atoms with Crippen LogP contribution in [0.5, 0.6) is 5.75 Å². The van der Waals surface area contributed by atoms with Crippen LogP contribution in [0.4, 0.5) is 0 Å². The Bertz CT molecular complexity index is 804. The minimum atomic E-state index is 0.249. The first-order valence-electron chi connectivity index (χ1n) is 8.06. The van der Waals surface area contributed by atoms with Crippen LogP contribution < -0.4 is 10.1 Å². The Labute approximate surface area is 147 Å². The van der Waals surface area contributed by atoms with E-state index in [9.17, 15) is 0 Å². The summed E-state index contributed by atoms with van der Waals surface area (Å²) in [4.78, 5) is 2.71. The van der Waals surface area contributed by atoms with Gasteiger partial charge >= 0.3 is 0 Å². The van der Waals surface area contributed by atoms with Crippen molar-refractivity contribution in [1.29, 1.82) is 0 Å². The number of thiophene rings is 1. The van der Waals surface area contributed by atoms with Gasteiger partial charge in [0.25, 0.3) is 0 Å². The van der Waals surface area contributed by atoms with Gasteiger partial charge in [-0.25, -0.2) is 4.68 Å². The van der Waals surface area contributed by atoms with Crippen LogP contribution >= 0.6 is 11.3 Å². The SMILES string of the molecule is COc1ccc(-n2ncc([C@@H](C)NCc3ccc(C)s3)c2C)cc1. The van der Waals surface area contributed by atoms with Gasteiger partial charge < -0.3 is 10.1 Å². The van der Waals surface area contributed by atoms with Gasteiger partial charge in [0.2, 0.25) is 0 Å². The molecule has 0 unspecified atom stereocenters. The number of nitrogens with zero attached hydrogens (tertiary/aromatic N) is 2. The molecule has 0 aliphatic rings. The van der Waals surface area contributed by atoms with Gasteiger partial charge in [-0.2, -0.15) is 5.10 Å². The van der Waals surface area contributed by atoms with Crippen molar-refractivity contribution in [3.8, 4) is 11.4 Å². The van der Waals surface area contributed by atoms with Crippen molar-refractivity contribution in [2.24, 2.45) is 0 Å². The van der Waals surface area contributed by atoms with Crippen LogP contribution in [0.3, 0.4) is 0 Å². The zero-order chi connectivity index (χ0) is 17.1. The molecule has 0 aliphatic carbocycles. The molecule has 3 rings (SSSR count). The molecule has 1 aromatic carbocycles. The predicted octanol–water partition coefficient (Wildman–Crippen LogP) is 4.41. The molecule has 24 heavy (non-hydrogen) atoms. The average Bonchev–Trinajstić information content (AvgIpc) is 3.18. The summed E-state index contributed by atoms with van der Waals surface area (Å²) in [5.74, 6) is 0.852. The summed E-state index contributed by atoms with van der Waals surface area (Å²) in [6.45, 7) is 7.32. The minimum Gasteiger partial charge on any atom is -0.497 e. The van der Waals surface area contributed by atoms with E-state index in [2.05, 4.69) is 43.3 Å². The van der Waals surface area contributed by atoms with E-state index in [0.717, 1.165) is 23.7 Å². The first-order chi connectivity index (χ1) is 11.6. The number of hydrogen-bond donors (Lipinski definition) is 1. The molecule has 1 N–H and O–H groups in total. The van der Waals surface area contributed by atoms with E-state index in [-0.39, 0.29) is 6.04 Å². The van der Waals surface area contributed by atoms with Crippen molar-refractivity contribution >= 4 is 11.3 Å². The lowest BCUT2D eigenvalue weighted by molar-refractivity contribution is 0.414. The van der Waals surface area contributed by atoms with Gasteiger partial charge in [-0.1, -0.05) is 0 Å². The summed E-state index contributed by atoms with van der Waals surface area (Å²) in [5.41, 5.74) is 3.42. The summed E-state index contributed by atoms with van der Waals surface area (Å²) in [6, 6.07) is 12.6. The summed E-state index contributed by atoms with van der Waals surface area (Å²) in [7, 11) is 1.68. The molecule has 0 aliphatic heterocycles. The lowest BCUT2D eigenvalue weighted by Crippen LogP contribution is -2.18. The molecule has 2 aromatic heterocycles. The highest BCUT2D eigenvalue weighted by Crippen LogP contribution is 2.23. The fraction of sp³-hybridized carbons (Fsp3) is 0.316.